The molecule has 1 heterocycles. The molecule has 1 aliphatic rings. The standard InChI is InChI=1S/C23H29N3O5S/c1-17-6-7-20(32(2,29)30)15-21(17)23(28)24-16-18-4-3-5-19(14-18)25-22(27)8-9-26-10-12-31-13-11-26/h3-7,14-15H,8-13,16H2,1-2H3,(H,24,28)(H,25,27). The Balaban J connectivity index is 1.55. The van der Waals surface area contributed by atoms with Crippen LogP contribution in [0.1, 0.15) is 27.9 Å². The number of ether oxygens (including phenoxy) is 1. The maximum absolute atomic E-state index is 12.6. The molecule has 2 aromatic carbocycles. The fourth-order valence-corrected chi connectivity index (χ4v) is 4.07. The van der Waals surface area contributed by atoms with Crippen molar-refractivity contribution in [2.24, 2.45) is 0 Å². The largest absolute Gasteiger partial charge is 0.379 e. The van der Waals surface area contributed by atoms with E-state index in [1.54, 1.807) is 19.1 Å². The molecule has 0 bridgehead atoms. The Hall–Kier alpha value is -2.75. The number of benzene rings is 2. The van der Waals surface area contributed by atoms with Crippen molar-refractivity contribution < 1.29 is 22.7 Å². The first-order valence-corrected chi connectivity index (χ1v) is 12.4. The van der Waals surface area contributed by atoms with Crippen molar-refractivity contribution in [3.8, 4) is 0 Å². The summed E-state index contributed by atoms with van der Waals surface area (Å²) in [5, 5.41) is 5.72. The van der Waals surface area contributed by atoms with Crippen molar-refractivity contribution in [1.29, 1.82) is 0 Å². The molecule has 0 spiro atoms. The summed E-state index contributed by atoms with van der Waals surface area (Å²) < 4.78 is 28.9. The van der Waals surface area contributed by atoms with Crippen molar-refractivity contribution in [2.75, 3.05) is 44.4 Å². The predicted octanol–water partition coefficient (Wildman–Crippen LogP) is 1.99. The lowest BCUT2D eigenvalue weighted by atomic mass is 10.1. The number of hydrogen-bond donors (Lipinski definition) is 2. The number of sulfone groups is 1. The average molecular weight is 460 g/mol. The highest BCUT2D eigenvalue weighted by Gasteiger charge is 2.15. The summed E-state index contributed by atoms with van der Waals surface area (Å²) in [6, 6.07) is 11.8. The van der Waals surface area contributed by atoms with Crippen LogP contribution in [-0.4, -0.2) is 64.2 Å². The molecule has 8 nitrogen and oxygen atoms in total. The predicted molar refractivity (Wildman–Crippen MR) is 122 cm³/mol. The third kappa shape index (κ3) is 6.88. The molecule has 0 aliphatic carbocycles. The molecule has 0 atom stereocenters. The first kappa shape index (κ1) is 23.9. The van der Waals surface area contributed by atoms with Crippen LogP contribution in [-0.2, 0) is 25.9 Å². The highest BCUT2D eigenvalue weighted by Crippen LogP contribution is 2.16. The van der Waals surface area contributed by atoms with Crippen LogP contribution in [0.3, 0.4) is 0 Å². The van der Waals surface area contributed by atoms with E-state index < -0.39 is 9.84 Å². The minimum atomic E-state index is -3.40. The van der Waals surface area contributed by atoms with Gasteiger partial charge in [-0.05, 0) is 42.3 Å². The van der Waals surface area contributed by atoms with Gasteiger partial charge in [-0.3, -0.25) is 14.5 Å². The zero-order valence-corrected chi connectivity index (χ0v) is 19.2. The van der Waals surface area contributed by atoms with Gasteiger partial charge in [0, 0.05) is 50.1 Å². The van der Waals surface area contributed by atoms with Crippen molar-refractivity contribution in [3.05, 3.63) is 59.2 Å². The number of amides is 2. The summed E-state index contributed by atoms with van der Waals surface area (Å²) >= 11 is 0. The van der Waals surface area contributed by atoms with Crippen LogP contribution in [0.4, 0.5) is 5.69 Å². The Kier molecular flexibility index (Phi) is 8.00. The maximum atomic E-state index is 12.6. The smallest absolute Gasteiger partial charge is 0.251 e. The van der Waals surface area contributed by atoms with Gasteiger partial charge in [0.2, 0.25) is 5.91 Å². The molecule has 1 aliphatic heterocycles. The second-order valence-electron chi connectivity index (χ2n) is 7.88. The Bertz CT molecular complexity index is 1080. The molecule has 2 aromatic rings. The third-order valence-electron chi connectivity index (χ3n) is 5.30. The SMILES string of the molecule is Cc1ccc(S(C)(=O)=O)cc1C(=O)NCc1cccc(NC(=O)CCN2CCOCC2)c1. The van der Waals surface area contributed by atoms with Crippen molar-refractivity contribution in [3.63, 3.8) is 0 Å². The molecular weight excluding hydrogens is 430 g/mol. The molecule has 9 heteroatoms. The normalized spacial score (nSPS) is 14.7. The molecule has 2 amide bonds. The first-order chi connectivity index (χ1) is 15.2. The number of rotatable bonds is 8. The van der Waals surface area contributed by atoms with Gasteiger partial charge in [-0.15, -0.1) is 0 Å². The lowest BCUT2D eigenvalue weighted by Crippen LogP contribution is -2.38. The van der Waals surface area contributed by atoms with Crippen molar-refractivity contribution >= 4 is 27.3 Å². The van der Waals surface area contributed by atoms with E-state index >= 15 is 0 Å². The summed E-state index contributed by atoms with van der Waals surface area (Å²) in [5.41, 5.74) is 2.50. The highest BCUT2D eigenvalue weighted by atomic mass is 32.2. The molecule has 0 unspecified atom stereocenters. The Morgan fingerprint density at radius 3 is 2.56 bits per heavy atom. The van der Waals surface area contributed by atoms with Gasteiger partial charge in [-0.2, -0.15) is 0 Å². The van der Waals surface area contributed by atoms with E-state index in [2.05, 4.69) is 15.5 Å². The van der Waals surface area contributed by atoms with Crippen LogP contribution in [0.2, 0.25) is 0 Å². The summed E-state index contributed by atoms with van der Waals surface area (Å²) in [6.45, 7) is 5.79. The van der Waals surface area contributed by atoms with Crippen LogP contribution in [0.5, 0.6) is 0 Å². The second-order valence-corrected chi connectivity index (χ2v) is 9.90. The molecule has 32 heavy (non-hydrogen) atoms. The van der Waals surface area contributed by atoms with Gasteiger partial charge in [-0.1, -0.05) is 18.2 Å². The Morgan fingerprint density at radius 1 is 1.09 bits per heavy atom. The lowest BCUT2D eigenvalue weighted by Gasteiger charge is -2.26. The van der Waals surface area contributed by atoms with Gasteiger partial charge in [-0.25, -0.2) is 8.42 Å². The molecule has 1 saturated heterocycles. The summed E-state index contributed by atoms with van der Waals surface area (Å²) in [4.78, 5) is 27.2. The number of morpholine rings is 1. The summed E-state index contributed by atoms with van der Waals surface area (Å²) in [6.07, 6.45) is 1.51. The molecule has 1 fully saturated rings. The van der Waals surface area contributed by atoms with E-state index in [1.807, 2.05) is 18.2 Å². The number of aryl methyl sites for hydroxylation is 1. The first-order valence-electron chi connectivity index (χ1n) is 10.5. The quantitative estimate of drug-likeness (QED) is 0.626. The van der Waals surface area contributed by atoms with E-state index in [1.165, 1.54) is 12.1 Å². The minimum absolute atomic E-state index is 0.0640. The van der Waals surface area contributed by atoms with Gasteiger partial charge in [0.15, 0.2) is 9.84 Å². The number of carbonyl (C=O) groups excluding carboxylic acids is 2. The van der Waals surface area contributed by atoms with Gasteiger partial charge in [0.25, 0.3) is 5.91 Å². The van der Waals surface area contributed by atoms with Crippen LogP contribution in [0.15, 0.2) is 47.4 Å². The van der Waals surface area contributed by atoms with Crippen LogP contribution < -0.4 is 10.6 Å². The number of nitrogens with one attached hydrogen (secondary N) is 2. The lowest BCUT2D eigenvalue weighted by molar-refractivity contribution is -0.116. The fourth-order valence-electron chi connectivity index (χ4n) is 3.42. The number of hydrogen-bond acceptors (Lipinski definition) is 6. The molecule has 0 aromatic heterocycles. The summed E-state index contributed by atoms with van der Waals surface area (Å²) in [7, 11) is -3.40. The monoisotopic (exact) mass is 459 g/mol. The maximum Gasteiger partial charge on any atom is 0.251 e. The fraction of sp³-hybridized carbons (Fsp3) is 0.391. The number of anilines is 1. The van der Waals surface area contributed by atoms with E-state index in [4.69, 9.17) is 4.74 Å². The van der Waals surface area contributed by atoms with Crippen LogP contribution in [0.25, 0.3) is 0 Å². The van der Waals surface area contributed by atoms with Gasteiger partial charge in [0.1, 0.15) is 0 Å². The van der Waals surface area contributed by atoms with Gasteiger partial charge >= 0.3 is 0 Å². The minimum Gasteiger partial charge on any atom is -0.379 e. The molecule has 3 rings (SSSR count). The summed E-state index contributed by atoms with van der Waals surface area (Å²) in [5.74, 6) is -0.418. The molecule has 172 valence electrons. The third-order valence-corrected chi connectivity index (χ3v) is 6.41. The number of carbonyl (C=O) groups is 2. The highest BCUT2D eigenvalue weighted by molar-refractivity contribution is 7.90. The zero-order chi connectivity index (χ0) is 23.1. The molecular formula is C23H29N3O5S. The average Bonchev–Trinajstić information content (AvgIpc) is 2.76. The van der Waals surface area contributed by atoms with Crippen molar-refractivity contribution in [1.82, 2.24) is 10.2 Å². The zero-order valence-electron chi connectivity index (χ0n) is 18.4. The van der Waals surface area contributed by atoms with E-state index in [0.717, 1.165) is 24.9 Å². The van der Waals surface area contributed by atoms with E-state index in [-0.39, 0.29) is 23.3 Å². The van der Waals surface area contributed by atoms with Crippen LogP contribution >= 0.6 is 0 Å². The topological polar surface area (TPSA) is 105 Å². The molecule has 0 radical (unpaired) electrons. The van der Waals surface area contributed by atoms with Gasteiger partial charge < -0.3 is 15.4 Å². The molecule has 2 N–H and O–H groups in total. The number of nitrogens with zero attached hydrogens (tertiary/aromatic N) is 1. The van der Waals surface area contributed by atoms with Gasteiger partial charge in [0.05, 0.1) is 18.1 Å². The second kappa shape index (κ2) is 10.7. The Labute approximate surface area is 188 Å². The van der Waals surface area contributed by atoms with Crippen molar-refractivity contribution in [2.45, 2.75) is 24.8 Å². The van der Waals surface area contributed by atoms with Crippen LogP contribution in [0, 0.1) is 6.92 Å². The Morgan fingerprint density at radius 2 is 1.84 bits per heavy atom. The van der Waals surface area contributed by atoms with E-state index in [0.29, 0.717) is 43.0 Å². The van der Waals surface area contributed by atoms with E-state index in [9.17, 15) is 18.0 Å². The molecule has 0 saturated carbocycles.